The standard InChI is InChI=1S/C35H47F2NO5/c1-21-16-28-34(42)15-14-33(29(32(33,2)3)25(34)17-23(20-39)18-35(28,43)30(21)41)19-27(40)26(38)9-7-5-4-6-8-22-10-12-24(13-11-22)31(36)37/h10-13,16-17,25-26,28-29,31,39,42-43H,4-9,14-15,18-20,38H2,1-3H3/t25-,26-,28-,29+,33-,34+,35+/m0/s1. The molecule has 5 rings (SSSR count). The van der Waals surface area contributed by atoms with Gasteiger partial charge in [-0.15, -0.1) is 0 Å². The van der Waals surface area contributed by atoms with Crippen LogP contribution in [0.15, 0.2) is 47.6 Å². The first kappa shape index (κ1) is 32.1. The van der Waals surface area contributed by atoms with Gasteiger partial charge in [0.25, 0.3) is 6.43 Å². The minimum absolute atomic E-state index is 0.00537. The molecule has 1 aromatic carbocycles. The number of alkyl halides is 2. The van der Waals surface area contributed by atoms with Crippen molar-refractivity contribution in [1.29, 1.82) is 0 Å². The van der Waals surface area contributed by atoms with Gasteiger partial charge in [0.1, 0.15) is 11.4 Å². The van der Waals surface area contributed by atoms with E-state index >= 15 is 0 Å². The minimum Gasteiger partial charge on any atom is -0.392 e. The number of unbranched alkanes of at least 4 members (excludes halogenated alkanes) is 3. The molecule has 0 saturated heterocycles. The maximum Gasteiger partial charge on any atom is 0.263 e. The van der Waals surface area contributed by atoms with Gasteiger partial charge in [0.05, 0.1) is 18.2 Å². The lowest BCUT2D eigenvalue weighted by molar-refractivity contribution is -0.158. The highest BCUT2D eigenvalue weighted by Crippen LogP contribution is 2.80. The molecule has 0 unspecified atom stereocenters. The predicted molar refractivity (Wildman–Crippen MR) is 160 cm³/mol. The third-order valence-electron chi connectivity index (χ3n) is 11.7. The maximum absolute atomic E-state index is 13.5. The Hall–Kier alpha value is -2.26. The van der Waals surface area contributed by atoms with E-state index in [-0.39, 0.29) is 46.9 Å². The van der Waals surface area contributed by atoms with E-state index in [2.05, 4.69) is 13.8 Å². The van der Waals surface area contributed by atoms with Gasteiger partial charge in [-0.05, 0) is 72.5 Å². The quantitative estimate of drug-likeness (QED) is 0.189. The highest BCUT2D eigenvalue weighted by Gasteiger charge is 2.79. The number of aryl methyl sites for hydroxylation is 1. The van der Waals surface area contributed by atoms with Crippen molar-refractivity contribution < 1.29 is 33.7 Å². The Morgan fingerprint density at radius 1 is 1.05 bits per heavy atom. The second-order valence-corrected chi connectivity index (χ2v) is 14.4. The normalized spacial score (nSPS) is 34.9. The number of Topliss-reactive ketones (excluding diaryl/α,β-unsaturated/α-hetero) is 2. The predicted octanol–water partition coefficient (Wildman–Crippen LogP) is 5.39. The van der Waals surface area contributed by atoms with Gasteiger partial charge in [-0.2, -0.15) is 0 Å². The van der Waals surface area contributed by atoms with E-state index < -0.39 is 35.5 Å². The first-order valence-corrected chi connectivity index (χ1v) is 15.8. The summed E-state index contributed by atoms with van der Waals surface area (Å²) in [7, 11) is 0. The molecule has 0 spiro atoms. The summed E-state index contributed by atoms with van der Waals surface area (Å²) in [6, 6.07) is 5.92. The van der Waals surface area contributed by atoms with E-state index in [0.717, 1.165) is 37.7 Å². The number of hydrogen-bond acceptors (Lipinski definition) is 6. The summed E-state index contributed by atoms with van der Waals surface area (Å²) >= 11 is 0. The van der Waals surface area contributed by atoms with Crippen molar-refractivity contribution in [3.8, 4) is 0 Å². The third-order valence-corrected chi connectivity index (χ3v) is 11.7. The lowest BCUT2D eigenvalue weighted by Crippen LogP contribution is -2.56. The molecule has 236 valence electrons. The van der Waals surface area contributed by atoms with Crippen LogP contribution in [-0.2, 0) is 16.0 Å². The van der Waals surface area contributed by atoms with Gasteiger partial charge in [-0.3, -0.25) is 9.59 Å². The summed E-state index contributed by atoms with van der Waals surface area (Å²) in [5.41, 5.74) is 4.77. The SMILES string of the molecule is CC1=C[C@H]2[C@@]3(O)CC[C@]4(CC(=O)[C@@H](N)CCCCCCc5ccc(C(F)F)cc5)[C@H]([C@@H]3C=C(CO)C[C@]2(O)C1=O)C4(C)C. The van der Waals surface area contributed by atoms with E-state index in [0.29, 0.717) is 36.8 Å². The topological polar surface area (TPSA) is 121 Å². The summed E-state index contributed by atoms with van der Waals surface area (Å²) in [6.45, 7) is 5.63. The summed E-state index contributed by atoms with van der Waals surface area (Å²) < 4.78 is 25.5. The van der Waals surface area contributed by atoms with Crippen molar-refractivity contribution in [2.75, 3.05) is 6.61 Å². The van der Waals surface area contributed by atoms with Crippen LogP contribution in [0.5, 0.6) is 0 Å². The number of halogens is 2. The molecule has 1 aromatic rings. The molecule has 43 heavy (non-hydrogen) atoms. The van der Waals surface area contributed by atoms with Crippen LogP contribution in [0.4, 0.5) is 8.78 Å². The zero-order valence-corrected chi connectivity index (χ0v) is 25.6. The fraction of sp³-hybridized carbons (Fsp3) is 0.657. The lowest BCUT2D eigenvalue weighted by atomic mass is 9.62. The molecule has 0 bridgehead atoms. The van der Waals surface area contributed by atoms with Crippen molar-refractivity contribution in [3.63, 3.8) is 0 Å². The van der Waals surface area contributed by atoms with Crippen molar-refractivity contribution in [1.82, 2.24) is 0 Å². The molecule has 2 saturated carbocycles. The average Bonchev–Trinajstić information content (AvgIpc) is 3.39. The van der Waals surface area contributed by atoms with Gasteiger partial charge in [0, 0.05) is 30.2 Å². The first-order chi connectivity index (χ1) is 20.2. The van der Waals surface area contributed by atoms with Crippen molar-refractivity contribution in [3.05, 3.63) is 58.7 Å². The summed E-state index contributed by atoms with van der Waals surface area (Å²) in [5, 5.41) is 33.9. The fourth-order valence-electron chi connectivity index (χ4n) is 9.11. The number of nitrogens with two attached hydrogens (primary N) is 1. The van der Waals surface area contributed by atoms with Crippen molar-refractivity contribution >= 4 is 11.6 Å². The highest BCUT2D eigenvalue weighted by atomic mass is 19.3. The van der Waals surface area contributed by atoms with Crippen LogP contribution in [0.3, 0.4) is 0 Å². The largest absolute Gasteiger partial charge is 0.392 e. The van der Waals surface area contributed by atoms with Crippen LogP contribution in [0.25, 0.3) is 0 Å². The molecule has 4 aliphatic rings. The number of ketones is 2. The summed E-state index contributed by atoms with van der Waals surface area (Å²) in [4.78, 5) is 26.5. The third kappa shape index (κ3) is 5.36. The van der Waals surface area contributed by atoms with Crippen LogP contribution >= 0.6 is 0 Å². The monoisotopic (exact) mass is 599 g/mol. The second kappa shape index (κ2) is 11.6. The van der Waals surface area contributed by atoms with Crippen LogP contribution in [0.2, 0.25) is 0 Å². The number of rotatable bonds is 12. The molecule has 0 heterocycles. The molecule has 2 fully saturated rings. The molecular formula is C35H47F2NO5. The number of benzene rings is 1. The van der Waals surface area contributed by atoms with E-state index in [1.54, 1.807) is 25.1 Å². The molecule has 0 radical (unpaired) electrons. The molecular weight excluding hydrogens is 552 g/mol. The fourth-order valence-corrected chi connectivity index (χ4v) is 9.11. The lowest BCUT2D eigenvalue weighted by Gasteiger charge is -2.47. The second-order valence-electron chi connectivity index (χ2n) is 14.4. The molecule has 6 nitrogen and oxygen atoms in total. The average molecular weight is 600 g/mol. The van der Waals surface area contributed by atoms with Crippen molar-refractivity contribution in [2.24, 2.45) is 34.3 Å². The Labute approximate surface area is 253 Å². The molecule has 0 amide bonds. The summed E-state index contributed by atoms with van der Waals surface area (Å²) in [5.74, 6) is -1.56. The van der Waals surface area contributed by atoms with E-state index in [1.807, 2.05) is 6.08 Å². The van der Waals surface area contributed by atoms with Crippen LogP contribution in [-0.4, -0.2) is 50.7 Å². The van der Waals surface area contributed by atoms with Crippen molar-refractivity contribution in [2.45, 2.75) is 109 Å². The Balaban J connectivity index is 1.18. The Morgan fingerprint density at radius 3 is 2.37 bits per heavy atom. The van der Waals surface area contributed by atoms with Crippen LogP contribution < -0.4 is 5.73 Å². The van der Waals surface area contributed by atoms with Gasteiger partial charge in [-0.1, -0.05) is 69.5 Å². The van der Waals surface area contributed by atoms with Gasteiger partial charge in [0.15, 0.2) is 5.78 Å². The Kier molecular flexibility index (Phi) is 8.66. The molecule has 5 N–H and O–H groups in total. The number of carbonyl (C=O) groups excluding carboxylic acids is 2. The Bertz CT molecular complexity index is 1310. The molecule has 0 aromatic heterocycles. The van der Waals surface area contributed by atoms with Crippen LogP contribution in [0.1, 0.15) is 96.1 Å². The van der Waals surface area contributed by atoms with E-state index in [1.165, 1.54) is 12.1 Å². The molecule has 8 heteroatoms. The molecule has 0 aliphatic heterocycles. The number of aliphatic hydroxyl groups excluding tert-OH is 1. The number of fused-ring (bicyclic) bond motifs is 5. The van der Waals surface area contributed by atoms with Crippen LogP contribution in [0, 0.1) is 28.6 Å². The van der Waals surface area contributed by atoms with Gasteiger partial charge >= 0.3 is 0 Å². The zero-order chi connectivity index (χ0) is 31.4. The molecule has 4 aliphatic carbocycles. The summed E-state index contributed by atoms with van der Waals surface area (Å²) in [6.07, 6.45) is 7.56. The molecule has 7 atom stereocenters. The smallest absolute Gasteiger partial charge is 0.263 e. The zero-order valence-electron chi connectivity index (χ0n) is 25.6. The van der Waals surface area contributed by atoms with E-state index in [4.69, 9.17) is 5.73 Å². The van der Waals surface area contributed by atoms with E-state index in [9.17, 15) is 33.7 Å². The van der Waals surface area contributed by atoms with Gasteiger partial charge in [-0.25, -0.2) is 8.78 Å². The number of hydrogen-bond donors (Lipinski definition) is 4. The number of aliphatic hydroxyl groups is 3. The maximum atomic E-state index is 13.5. The minimum atomic E-state index is -2.45. The van der Waals surface area contributed by atoms with Gasteiger partial charge in [0.2, 0.25) is 0 Å². The highest BCUT2D eigenvalue weighted by molar-refractivity contribution is 6.04. The Morgan fingerprint density at radius 2 is 1.72 bits per heavy atom. The van der Waals surface area contributed by atoms with Gasteiger partial charge < -0.3 is 21.1 Å². The first-order valence-electron chi connectivity index (χ1n) is 15.8. The number of carbonyl (C=O) groups is 2.